The predicted octanol–water partition coefficient (Wildman–Crippen LogP) is 3.10. The Kier molecular flexibility index (Phi) is 7.63. The van der Waals surface area contributed by atoms with Crippen LogP contribution in [0.5, 0.6) is 0 Å². The molecular weight excluding hydrogens is 372 g/mol. The van der Waals surface area contributed by atoms with Gasteiger partial charge >= 0.3 is 0 Å². The first-order valence-electron chi connectivity index (χ1n) is 8.50. The van der Waals surface area contributed by atoms with E-state index in [4.69, 9.17) is 11.6 Å². The van der Waals surface area contributed by atoms with E-state index in [1.807, 2.05) is 37.3 Å². The minimum atomic E-state index is -3.74. The van der Waals surface area contributed by atoms with Gasteiger partial charge in [0.25, 0.3) is 0 Å². The van der Waals surface area contributed by atoms with Gasteiger partial charge in [0, 0.05) is 18.1 Å². The molecule has 0 saturated carbocycles. The van der Waals surface area contributed by atoms with Crippen molar-refractivity contribution in [3.63, 3.8) is 0 Å². The van der Waals surface area contributed by atoms with E-state index in [9.17, 15) is 13.2 Å². The average molecular weight is 395 g/mol. The van der Waals surface area contributed by atoms with Crippen LogP contribution in [0, 0.1) is 0 Å². The van der Waals surface area contributed by atoms with Gasteiger partial charge in [-0.1, -0.05) is 48.9 Å². The van der Waals surface area contributed by atoms with Crippen molar-refractivity contribution in [3.05, 3.63) is 65.2 Å². The molecule has 0 saturated heterocycles. The summed E-state index contributed by atoms with van der Waals surface area (Å²) < 4.78 is 26.7. The number of benzene rings is 2. The van der Waals surface area contributed by atoms with Crippen molar-refractivity contribution < 1.29 is 13.2 Å². The standard InChI is InChI=1S/C19H23ClN2O3S/c1-2-14-22(26(24,25)18-10-8-17(20)9-11-18)15-19(23)21-13-12-16-6-4-3-5-7-16/h3-11H,2,12-15H2,1H3,(H,21,23). The van der Waals surface area contributed by atoms with E-state index in [1.165, 1.54) is 28.6 Å². The van der Waals surface area contributed by atoms with E-state index in [0.29, 0.717) is 24.4 Å². The molecule has 0 bridgehead atoms. The van der Waals surface area contributed by atoms with Crippen LogP contribution in [0.4, 0.5) is 0 Å². The Morgan fingerprint density at radius 1 is 1.08 bits per heavy atom. The van der Waals surface area contributed by atoms with Gasteiger partial charge in [0.2, 0.25) is 15.9 Å². The van der Waals surface area contributed by atoms with Gasteiger partial charge in [0.15, 0.2) is 0 Å². The lowest BCUT2D eigenvalue weighted by Crippen LogP contribution is -2.41. The van der Waals surface area contributed by atoms with Gasteiger partial charge in [0.05, 0.1) is 11.4 Å². The fourth-order valence-corrected chi connectivity index (χ4v) is 4.11. The Hall–Kier alpha value is -1.89. The van der Waals surface area contributed by atoms with Gasteiger partial charge in [-0.25, -0.2) is 8.42 Å². The van der Waals surface area contributed by atoms with Crippen molar-refractivity contribution in [1.29, 1.82) is 0 Å². The van der Waals surface area contributed by atoms with Gasteiger partial charge in [-0.05, 0) is 42.7 Å². The number of rotatable bonds is 9. The lowest BCUT2D eigenvalue weighted by molar-refractivity contribution is -0.121. The van der Waals surface area contributed by atoms with Gasteiger partial charge in [0.1, 0.15) is 0 Å². The molecule has 2 aromatic carbocycles. The second-order valence-electron chi connectivity index (χ2n) is 5.88. The van der Waals surface area contributed by atoms with Crippen molar-refractivity contribution in [2.24, 2.45) is 0 Å². The Morgan fingerprint density at radius 2 is 1.73 bits per heavy atom. The van der Waals surface area contributed by atoms with Crippen LogP contribution < -0.4 is 5.32 Å². The number of amides is 1. The van der Waals surface area contributed by atoms with Gasteiger partial charge in [-0.15, -0.1) is 0 Å². The monoisotopic (exact) mass is 394 g/mol. The second-order valence-corrected chi connectivity index (χ2v) is 8.25. The van der Waals surface area contributed by atoms with E-state index < -0.39 is 10.0 Å². The third-order valence-electron chi connectivity index (χ3n) is 3.82. The van der Waals surface area contributed by atoms with Crippen LogP contribution in [0.15, 0.2) is 59.5 Å². The maximum absolute atomic E-state index is 12.8. The second kappa shape index (κ2) is 9.71. The number of carbonyl (C=O) groups excluding carboxylic acids is 1. The molecule has 2 aromatic rings. The number of hydrogen-bond acceptors (Lipinski definition) is 3. The quantitative estimate of drug-likeness (QED) is 0.710. The maximum Gasteiger partial charge on any atom is 0.243 e. The van der Waals surface area contributed by atoms with Crippen LogP contribution >= 0.6 is 11.6 Å². The highest BCUT2D eigenvalue weighted by Crippen LogP contribution is 2.18. The molecule has 0 heterocycles. The lowest BCUT2D eigenvalue weighted by atomic mass is 10.1. The molecule has 5 nitrogen and oxygen atoms in total. The third kappa shape index (κ3) is 5.83. The first-order chi connectivity index (χ1) is 12.4. The Bertz CT molecular complexity index is 808. The number of nitrogens with zero attached hydrogens (tertiary/aromatic N) is 1. The summed E-state index contributed by atoms with van der Waals surface area (Å²) in [6.07, 6.45) is 1.31. The molecule has 2 rings (SSSR count). The van der Waals surface area contributed by atoms with Crippen molar-refractivity contribution in [3.8, 4) is 0 Å². The van der Waals surface area contributed by atoms with Crippen molar-refractivity contribution in [1.82, 2.24) is 9.62 Å². The van der Waals surface area contributed by atoms with Crippen LogP contribution in [0.2, 0.25) is 5.02 Å². The SMILES string of the molecule is CCCN(CC(=O)NCCc1ccccc1)S(=O)(=O)c1ccc(Cl)cc1. The molecule has 0 aliphatic rings. The molecule has 1 N–H and O–H groups in total. The van der Waals surface area contributed by atoms with E-state index >= 15 is 0 Å². The lowest BCUT2D eigenvalue weighted by Gasteiger charge is -2.21. The fourth-order valence-electron chi connectivity index (χ4n) is 2.50. The van der Waals surface area contributed by atoms with Crippen molar-refractivity contribution in [2.45, 2.75) is 24.7 Å². The molecule has 0 aliphatic carbocycles. The van der Waals surface area contributed by atoms with Gasteiger partial charge in [-0.2, -0.15) is 4.31 Å². The summed E-state index contributed by atoms with van der Waals surface area (Å²) in [5.41, 5.74) is 1.12. The Labute approximate surface area is 160 Å². The van der Waals surface area contributed by atoms with Crippen molar-refractivity contribution in [2.75, 3.05) is 19.6 Å². The third-order valence-corrected chi connectivity index (χ3v) is 5.93. The topological polar surface area (TPSA) is 66.5 Å². The summed E-state index contributed by atoms with van der Waals surface area (Å²) in [7, 11) is -3.74. The number of nitrogens with one attached hydrogen (secondary N) is 1. The summed E-state index contributed by atoms with van der Waals surface area (Å²) in [6, 6.07) is 15.8. The summed E-state index contributed by atoms with van der Waals surface area (Å²) in [5.74, 6) is -0.313. The highest BCUT2D eigenvalue weighted by molar-refractivity contribution is 7.89. The first kappa shape index (κ1) is 20.4. The normalized spacial score (nSPS) is 11.5. The van der Waals surface area contributed by atoms with E-state index in [0.717, 1.165) is 5.56 Å². The van der Waals surface area contributed by atoms with Crippen LogP contribution in [-0.2, 0) is 21.2 Å². The molecule has 7 heteroatoms. The van der Waals surface area contributed by atoms with Crippen LogP contribution in [-0.4, -0.2) is 38.3 Å². The Balaban J connectivity index is 1.97. The van der Waals surface area contributed by atoms with Gasteiger partial charge < -0.3 is 5.32 Å². The molecule has 26 heavy (non-hydrogen) atoms. The molecule has 0 radical (unpaired) electrons. The maximum atomic E-state index is 12.8. The number of sulfonamides is 1. The number of carbonyl (C=O) groups is 1. The van der Waals surface area contributed by atoms with Crippen LogP contribution in [0.25, 0.3) is 0 Å². The van der Waals surface area contributed by atoms with Crippen LogP contribution in [0.3, 0.4) is 0 Å². The zero-order valence-corrected chi connectivity index (χ0v) is 16.3. The summed E-state index contributed by atoms with van der Waals surface area (Å²) in [5, 5.41) is 3.25. The molecular formula is C19H23ClN2O3S. The molecule has 140 valence electrons. The minimum Gasteiger partial charge on any atom is -0.355 e. The largest absolute Gasteiger partial charge is 0.355 e. The zero-order valence-electron chi connectivity index (χ0n) is 14.7. The smallest absolute Gasteiger partial charge is 0.243 e. The molecule has 0 aliphatic heterocycles. The highest BCUT2D eigenvalue weighted by atomic mass is 35.5. The Morgan fingerprint density at radius 3 is 2.35 bits per heavy atom. The molecule has 0 unspecified atom stereocenters. The average Bonchev–Trinajstić information content (AvgIpc) is 2.62. The molecule has 0 fully saturated rings. The fraction of sp³-hybridized carbons (Fsp3) is 0.316. The van der Waals surface area contributed by atoms with Crippen molar-refractivity contribution >= 4 is 27.5 Å². The number of hydrogen-bond donors (Lipinski definition) is 1. The van der Waals surface area contributed by atoms with E-state index in [-0.39, 0.29) is 23.9 Å². The summed E-state index contributed by atoms with van der Waals surface area (Å²) >= 11 is 5.82. The predicted molar refractivity (Wildman–Crippen MR) is 104 cm³/mol. The van der Waals surface area contributed by atoms with E-state index in [2.05, 4.69) is 5.32 Å². The molecule has 0 spiro atoms. The highest BCUT2D eigenvalue weighted by Gasteiger charge is 2.25. The summed E-state index contributed by atoms with van der Waals surface area (Å²) in [4.78, 5) is 12.3. The number of halogens is 1. The molecule has 0 aromatic heterocycles. The minimum absolute atomic E-state index is 0.132. The zero-order chi connectivity index (χ0) is 19.0. The van der Waals surface area contributed by atoms with Crippen LogP contribution in [0.1, 0.15) is 18.9 Å². The van der Waals surface area contributed by atoms with E-state index in [1.54, 1.807) is 0 Å². The first-order valence-corrected chi connectivity index (χ1v) is 10.3. The summed E-state index contributed by atoms with van der Waals surface area (Å²) in [6.45, 7) is 2.41. The molecule has 0 atom stereocenters. The van der Waals surface area contributed by atoms with Gasteiger partial charge in [-0.3, -0.25) is 4.79 Å². The molecule has 1 amide bonds.